The SMILES string of the molecule is COc1c(C)cc(S(=O)(=O)N2CCCCC2)cc1N. The monoisotopic (exact) mass is 284 g/mol. The summed E-state index contributed by atoms with van der Waals surface area (Å²) in [5.74, 6) is 0.539. The summed E-state index contributed by atoms with van der Waals surface area (Å²) in [5, 5.41) is 0. The number of nitrogen functional groups attached to an aromatic ring is 1. The highest BCUT2D eigenvalue weighted by Gasteiger charge is 2.27. The number of hydrogen-bond acceptors (Lipinski definition) is 4. The van der Waals surface area contributed by atoms with Crippen molar-refractivity contribution < 1.29 is 13.2 Å². The number of hydrogen-bond donors (Lipinski definition) is 1. The summed E-state index contributed by atoms with van der Waals surface area (Å²) in [5.41, 5.74) is 6.94. The quantitative estimate of drug-likeness (QED) is 0.858. The third-order valence-corrected chi connectivity index (χ3v) is 5.31. The summed E-state index contributed by atoms with van der Waals surface area (Å²) < 4.78 is 31.7. The molecular weight excluding hydrogens is 264 g/mol. The molecule has 0 radical (unpaired) electrons. The van der Waals surface area contributed by atoms with Crippen molar-refractivity contribution in [3.05, 3.63) is 17.7 Å². The Bertz CT molecular complexity index is 540. The fraction of sp³-hybridized carbons (Fsp3) is 0.538. The summed E-state index contributed by atoms with van der Waals surface area (Å²) >= 11 is 0. The van der Waals surface area contributed by atoms with E-state index in [-0.39, 0.29) is 4.90 Å². The van der Waals surface area contributed by atoms with Gasteiger partial charge in [-0.15, -0.1) is 0 Å². The minimum Gasteiger partial charge on any atom is -0.494 e. The van der Waals surface area contributed by atoms with Crippen LogP contribution in [0.1, 0.15) is 24.8 Å². The molecule has 0 unspecified atom stereocenters. The summed E-state index contributed by atoms with van der Waals surface area (Å²) in [4.78, 5) is 0.255. The number of sulfonamides is 1. The zero-order valence-electron chi connectivity index (χ0n) is 11.3. The number of aryl methyl sites for hydroxylation is 1. The molecule has 0 aliphatic carbocycles. The predicted molar refractivity (Wildman–Crippen MR) is 74.8 cm³/mol. The van der Waals surface area contributed by atoms with Gasteiger partial charge in [0.15, 0.2) is 0 Å². The molecule has 0 atom stereocenters. The zero-order chi connectivity index (χ0) is 14.0. The van der Waals surface area contributed by atoms with Gasteiger partial charge in [-0.3, -0.25) is 0 Å². The van der Waals surface area contributed by atoms with Crippen LogP contribution in [0.15, 0.2) is 17.0 Å². The Balaban J connectivity index is 2.40. The second-order valence-electron chi connectivity index (χ2n) is 4.83. The molecule has 19 heavy (non-hydrogen) atoms. The van der Waals surface area contributed by atoms with Crippen molar-refractivity contribution in [2.24, 2.45) is 0 Å². The lowest BCUT2D eigenvalue weighted by atomic mass is 10.2. The molecule has 1 aromatic carbocycles. The summed E-state index contributed by atoms with van der Waals surface area (Å²) in [6, 6.07) is 3.11. The Morgan fingerprint density at radius 3 is 2.37 bits per heavy atom. The van der Waals surface area contributed by atoms with Gasteiger partial charge in [-0.2, -0.15) is 4.31 Å². The number of nitrogens with two attached hydrogens (primary N) is 1. The van der Waals surface area contributed by atoms with Crippen molar-refractivity contribution in [1.29, 1.82) is 0 Å². The van der Waals surface area contributed by atoms with Crippen LogP contribution in [0.4, 0.5) is 5.69 Å². The van der Waals surface area contributed by atoms with Gasteiger partial charge in [-0.1, -0.05) is 6.42 Å². The molecule has 1 fully saturated rings. The molecule has 2 rings (SSSR count). The van der Waals surface area contributed by atoms with Crippen LogP contribution in [0.2, 0.25) is 0 Å². The van der Waals surface area contributed by atoms with E-state index in [4.69, 9.17) is 10.5 Å². The largest absolute Gasteiger partial charge is 0.494 e. The zero-order valence-corrected chi connectivity index (χ0v) is 12.2. The number of rotatable bonds is 3. The highest BCUT2D eigenvalue weighted by Crippen LogP contribution is 2.31. The predicted octanol–water partition coefficient (Wildman–Crippen LogP) is 1.76. The Labute approximate surface area is 114 Å². The van der Waals surface area contributed by atoms with Gasteiger partial charge in [0.25, 0.3) is 0 Å². The van der Waals surface area contributed by atoms with Gasteiger partial charge >= 0.3 is 0 Å². The molecule has 0 amide bonds. The maximum Gasteiger partial charge on any atom is 0.243 e. The molecule has 0 saturated carbocycles. The van der Waals surface area contributed by atoms with Gasteiger partial charge in [0.1, 0.15) is 5.75 Å². The van der Waals surface area contributed by atoms with Gasteiger partial charge in [-0.25, -0.2) is 8.42 Å². The van der Waals surface area contributed by atoms with Crippen LogP contribution in [0.3, 0.4) is 0 Å². The molecule has 2 N–H and O–H groups in total. The fourth-order valence-electron chi connectivity index (χ4n) is 2.45. The van der Waals surface area contributed by atoms with Gasteiger partial charge < -0.3 is 10.5 Å². The van der Waals surface area contributed by atoms with E-state index in [9.17, 15) is 8.42 Å². The van der Waals surface area contributed by atoms with Crippen molar-refractivity contribution in [1.82, 2.24) is 4.31 Å². The van der Waals surface area contributed by atoms with Crippen molar-refractivity contribution >= 4 is 15.7 Å². The van der Waals surface area contributed by atoms with Crippen molar-refractivity contribution in [3.63, 3.8) is 0 Å². The van der Waals surface area contributed by atoms with Crippen LogP contribution < -0.4 is 10.5 Å². The Kier molecular flexibility index (Phi) is 4.01. The smallest absolute Gasteiger partial charge is 0.243 e. The molecule has 1 heterocycles. The second kappa shape index (κ2) is 5.38. The molecule has 0 aromatic heterocycles. The van der Waals surface area contributed by atoms with E-state index in [1.807, 2.05) is 0 Å². The van der Waals surface area contributed by atoms with Crippen LogP contribution in [-0.2, 0) is 10.0 Å². The van der Waals surface area contributed by atoms with Crippen molar-refractivity contribution in [2.45, 2.75) is 31.1 Å². The van der Waals surface area contributed by atoms with Gasteiger partial charge in [0.2, 0.25) is 10.0 Å². The summed E-state index contributed by atoms with van der Waals surface area (Å²) in [7, 11) is -1.91. The summed E-state index contributed by atoms with van der Waals surface area (Å²) in [6.07, 6.45) is 2.93. The normalized spacial score (nSPS) is 17.4. The first-order valence-corrected chi connectivity index (χ1v) is 7.85. The van der Waals surface area contributed by atoms with Gasteiger partial charge in [-0.05, 0) is 37.5 Å². The summed E-state index contributed by atoms with van der Waals surface area (Å²) in [6.45, 7) is 2.98. The third-order valence-electron chi connectivity index (χ3n) is 3.43. The lowest BCUT2D eigenvalue weighted by Crippen LogP contribution is -2.35. The van der Waals surface area contributed by atoms with Crippen LogP contribution in [0.5, 0.6) is 5.75 Å². The molecule has 1 saturated heterocycles. The molecular formula is C13H20N2O3S. The van der Waals surface area contributed by atoms with E-state index in [1.54, 1.807) is 13.0 Å². The lowest BCUT2D eigenvalue weighted by molar-refractivity contribution is 0.346. The first-order chi connectivity index (χ1) is 8.96. The van der Waals surface area contributed by atoms with Gasteiger partial charge in [0.05, 0.1) is 17.7 Å². The van der Waals surface area contributed by atoms with E-state index < -0.39 is 10.0 Å². The standard InChI is InChI=1S/C13H20N2O3S/c1-10-8-11(9-12(14)13(10)18-2)19(16,17)15-6-4-3-5-7-15/h8-9H,3-7,14H2,1-2H3. The number of benzene rings is 1. The Morgan fingerprint density at radius 1 is 1.21 bits per heavy atom. The number of piperidine rings is 1. The van der Waals surface area contributed by atoms with Crippen LogP contribution in [0.25, 0.3) is 0 Å². The number of methoxy groups -OCH3 is 1. The van der Waals surface area contributed by atoms with Gasteiger partial charge in [0, 0.05) is 13.1 Å². The first kappa shape index (κ1) is 14.1. The minimum atomic E-state index is -3.43. The van der Waals surface area contributed by atoms with E-state index in [0.717, 1.165) is 24.8 Å². The number of anilines is 1. The lowest BCUT2D eigenvalue weighted by Gasteiger charge is -2.26. The van der Waals surface area contributed by atoms with E-state index in [2.05, 4.69) is 0 Å². The van der Waals surface area contributed by atoms with E-state index in [1.165, 1.54) is 17.5 Å². The average Bonchev–Trinajstić information content (AvgIpc) is 2.39. The molecule has 1 aliphatic rings. The molecule has 0 spiro atoms. The first-order valence-electron chi connectivity index (χ1n) is 6.41. The van der Waals surface area contributed by atoms with Crippen LogP contribution >= 0.6 is 0 Å². The number of nitrogens with zero attached hydrogens (tertiary/aromatic N) is 1. The molecule has 6 heteroatoms. The maximum atomic E-state index is 12.5. The Hall–Kier alpha value is -1.27. The average molecular weight is 284 g/mol. The molecule has 0 bridgehead atoms. The van der Waals surface area contributed by atoms with E-state index >= 15 is 0 Å². The highest BCUT2D eigenvalue weighted by atomic mass is 32.2. The fourth-order valence-corrected chi connectivity index (χ4v) is 4.09. The van der Waals surface area contributed by atoms with Crippen molar-refractivity contribution in [2.75, 3.05) is 25.9 Å². The van der Waals surface area contributed by atoms with Crippen LogP contribution in [0, 0.1) is 6.92 Å². The molecule has 1 aliphatic heterocycles. The second-order valence-corrected chi connectivity index (χ2v) is 6.77. The minimum absolute atomic E-state index is 0.255. The Morgan fingerprint density at radius 2 is 1.84 bits per heavy atom. The molecule has 106 valence electrons. The van der Waals surface area contributed by atoms with Crippen molar-refractivity contribution in [3.8, 4) is 5.75 Å². The maximum absolute atomic E-state index is 12.5. The van der Waals surface area contributed by atoms with E-state index in [0.29, 0.717) is 24.5 Å². The third kappa shape index (κ3) is 2.69. The van der Waals surface area contributed by atoms with Crippen LogP contribution in [-0.4, -0.2) is 32.9 Å². The topological polar surface area (TPSA) is 72.6 Å². The highest BCUT2D eigenvalue weighted by molar-refractivity contribution is 7.89. The molecule has 1 aromatic rings. The molecule has 5 nitrogen and oxygen atoms in total. The number of ether oxygens (including phenoxy) is 1.